The van der Waals surface area contributed by atoms with E-state index in [2.05, 4.69) is 15.3 Å². The van der Waals surface area contributed by atoms with Gasteiger partial charge in [0.15, 0.2) is 11.4 Å². The average molecular weight is 902 g/mol. The van der Waals surface area contributed by atoms with Crippen LogP contribution in [-0.2, 0) is 12.4 Å². The van der Waals surface area contributed by atoms with E-state index in [9.17, 15) is 44.7 Å². The molecule has 2 aromatic heterocycles. The van der Waals surface area contributed by atoms with Crippen LogP contribution >= 0.6 is 57.5 Å². The van der Waals surface area contributed by atoms with Gasteiger partial charge in [-0.2, -0.15) is 26.3 Å². The van der Waals surface area contributed by atoms with Crippen LogP contribution in [0.1, 0.15) is 40.7 Å². The number of benzene rings is 4. The van der Waals surface area contributed by atoms with Gasteiger partial charge in [0, 0.05) is 26.9 Å². The number of thiazole rings is 2. The number of nitrogen functional groups attached to an aromatic ring is 1. The number of hydrogen-bond donors (Lipinski definition) is 2. The average Bonchev–Trinajstić information content (AvgIpc) is 3.70. The van der Waals surface area contributed by atoms with Gasteiger partial charge < -0.3 is 23.5 Å². The lowest BCUT2D eigenvalue weighted by atomic mass is 10.0. The molecule has 1 amide bonds. The van der Waals surface area contributed by atoms with Crippen LogP contribution in [0.5, 0.6) is 0 Å². The molecule has 0 aliphatic heterocycles. The number of carbonyl (C=O) groups excluding carboxylic acids is 2. The second-order valence-corrected chi connectivity index (χ2v) is 14.6. The molecule has 0 bridgehead atoms. The fourth-order valence-electron chi connectivity index (χ4n) is 4.63. The first-order valence-corrected chi connectivity index (χ1v) is 17.9. The monoisotopic (exact) mass is 899 g/mol. The molecule has 0 aliphatic rings. The zero-order valence-electron chi connectivity index (χ0n) is 28.2. The van der Waals surface area contributed by atoms with E-state index < -0.39 is 50.5 Å². The van der Waals surface area contributed by atoms with Gasteiger partial charge in [-0.15, -0.1) is 22.7 Å². The van der Waals surface area contributed by atoms with Gasteiger partial charge in [-0.3, -0.25) is 9.59 Å². The Hall–Kier alpha value is -4.32. The predicted molar refractivity (Wildman–Crippen MR) is 200 cm³/mol. The number of anilines is 2. The molecule has 0 unspecified atom stereocenters. The molecule has 0 radical (unpaired) electrons. The Kier molecular flexibility index (Phi) is 15.8. The Morgan fingerprint density at radius 1 is 0.661 bits per heavy atom. The zero-order valence-corrected chi connectivity index (χ0v) is 32.9. The number of halogens is 12. The largest absolute Gasteiger partial charge is 1.00 e. The molecule has 6 rings (SSSR count). The van der Waals surface area contributed by atoms with Crippen LogP contribution in [0.25, 0.3) is 22.3 Å². The lowest BCUT2D eigenvalue weighted by Gasteiger charge is -2.12. The lowest BCUT2D eigenvalue weighted by molar-refractivity contribution is -0.141. The van der Waals surface area contributed by atoms with E-state index in [1.165, 1.54) is 56.3 Å². The van der Waals surface area contributed by atoms with Crippen molar-refractivity contribution in [1.29, 1.82) is 0 Å². The summed E-state index contributed by atoms with van der Waals surface area (Å²) in [6, 6.07) is 21.5. The van der Waals surface area contributed by atoms with Crippen LogP contribution in [0.15, 0.2) is 84.9 Å². The van der Waals surface area contributed by atoms with Crippen molar-refractivity contribution in [1.82, 2.24) is 9.97 Å². The molecule has 3 N–H and O–H groups in total. The molecule has 6 aromatic rings. The summed E-state index contributed by atoms with van der Waals surface area (Å²) in [4.78, 5) is 28.6. The molecule has 0 spiro atoms. The highest BCUT2D eigenvalue weighted by molar-refractivity contribution is 7.15. The van der Waals surface area contributed by atoms with Crippen LogP contribution in [-0.4, -0.2) is 21.1 Å². The van der Waals surface area contributed by atoms with Gasteiger partial charge in [-0.1, -0.05) is 59.6 Å². The summed E-state index contributed by atoms with van der Waals surface area (Å²) in [5.41, 5.74) is 6.98. The van der Waals surface area contributed by atoms with Crippen LogP contribution in [0.3, 0.4) is 0 Å². The molecule has 296 valence electrons. The molecule has 0 fully saturated rings. The van der Waals surface area contributed by atoms with Gasteiger partial charge in [0.2, 0.25) is 0 Å². The molecule has 20 heteroatoms. The second-order valence-electron chi connectivity index (χ2n) is 11.0. The molecule has 0 saturated heterocycles. The number of amides is 1. The number of rotatable bonds is 5. The first-order valence-electron chi connectivity index (χ1n) is 15.1. The maximum Gasteiger partial charge on any atom is 0.435 e. The van der Waals surface area contributed by atoms with Crippen molar-refractivity contribution in [3.8, 4) is 22.3 Å². The van der Waals surface area contributed by atoms with Crippen molar-refractivity contribution >= 4 is 80.0 Å². The van der Waals surface area contributed by atoms with Crippen molar-refractivity contribution < 1.29 is 57.1 Å². The normalized spacial score (nSPS) is 11.0. The number of carbonyl (C=O) groups is 2. The van der Waals surface area contributed by atoms with E-state index in [-0.39, 0.29) is 38.9 Å². The van der Waals surface area contributed by atoms with Crippen LogP contribution in [0.4, 0.5) is 46.5 Å². The highest BCUT2D eigenvalue weighted by atomic mass is 35.5. The third kappa shape index (κ3) is 12.3. The number of aryl methyl sites for hydroxylation is 2. The predicted octanol–water partition coefficient (Wildman–Crippen LogP) is 9.76. The van der Waals surface area contributed by atoms with E-state index in [4.69, 9.17) is 40.5 Å². The van der Waals surface area contributed by atoms with Gasteiger partial charge in [-0.05, 0) is 85.1 Å². The first kappa shape index (κ1) is 46.1. The van der Waals surface area contributed by atoms with Crippen LogP contribution < -0.4 is 23.5 Å². The fourth-order valence-corrected chi connectivity index (χ4v) is 6.79. The van der Waals surface area contributed by atoms with Gasteiger partial charge in [0.05, 0.1) is 15.7 Å². The Bertz CT molecular complexity index is 2320. The maximum absolute atomic E-state index is 13.2. The molecule has 2 heterocycles. The minimum absolute atomic E-state index is 0. The van der Waals surface area contributed by atoms with Gasteiger partial charge in [0.25, 0.3) is 11.1 Å². The molecule has 56 heavy (non-hydrogen) atoms. The van der Waals surface area contributed by atoms with Gasteiger partial charge in [-0.25, -0.2) is 18.7 Å². The summed E-state index contributed by atoms with van der Waals surface area (Å²) in [7, 11) is 0. The molecular formula is C36H23Cl4F8N4O2S2-. The van der Waals surface area contributed by atoms with Gasteiger partial charge in [0.1, 0.15) is 21.4 Å². The second kappa shape index (κ2) is 19.2. The van der Waals surface area contributed by atoms with Crippen molar-refractivity contribution in [2.24, 2.45) is 0 Å². The van der Waals surface area contributed by atoms with Crippen molar-refractivity contribution in [2.75, 3.05) is 11.1 Å². The van der Waals surface area contributed by atoms with Crippen LogP contribution in [0.2, 0.25) is 10.0 Å². The van der Waals surface area contributed by atoms with Gasteiger partial charge >= 0.3 is 12.4 Å². The SMILES string of the molecule is Cc1nc(C(F)(F)F)c(C(=O)Cl)s1.Cc1nc(C(F)(F)F)c(C(=O)Nc2cc(Cl)ccc2-c2ccc(F)cc2)s1.Nc1cc(Cl)ccc1-c1ccc(F)cc1.[Cl-]. The molecule has 0 saturated carbocycles. The summed E-state index contributed by atoms with van der Waals surface area (Å²) in [6.45, 7) is 2.77. The van der Waals surface area contributed by atoms with Crippen molar-refractivity contribution in [3.63, 3.8) is 0 Å². The molecule has 0 aliphatic carbocycles. The highest BCUT2D eigenvalue weighted by Crippen LogP contribution is 2.37. The van der Waals surface area contributed by atoms with E-state index in [1.54, 1.807) is 36.4 Å². The third-order valence-electron chi connectivity index (χ3n) is 6.94. The number of nitrogens with two attached hydrogens (primary N) is 1. The summed E-state index contributed by atoms with van der Waals surface area (Å²) in [5, 5.41) is 2.50. The fraction of sp³-hybridized carbons (Fsp3) is 0.111. The van der Waals surface area contributed by atoms with E-state index in [1.807, 2.05) is 6.07 Å². The van der Waals surface area contributed by atoms with Crippen LogP contribution in [0, 0.1) is 25.5 Å². The summed E-state index contributed by atoms with van der Waals surface area (Å²) < 4.78 is 102. The molecule has 6 nitrogen and oxygen atoms in total. The highest BCUT2D eigenvalue weighted by Gasteiger charge is 2.40. The quantitative estimate of drug-likeness (QED) is 0.102. The molecular weight excluding hydrogens is 878 g/mol. The topological polar surface area (TPSA) is 98.0 Å². The number of aromatic nitrogens is 2. The standard InChI is InChI=1S/C18H11ClF4N2OS.C12H9ClFN.C6H3ClF3NOS.ClH/c1-9-24-16(18(21,22)23)15(27-9)17(26)25-14-8-11(19)4-7-13(14)10-2-5-12(20)6-3-10;13-9-3-6-11(12(15)7-9)8-1-4-10(14)5-2-8;1-2-11-4(6(8,9)10)3(13-2)5(7)12;/h2-8H,1H3,(H,25,26);1-7H,15H2;1H3;1H/p-1. The third-order valence-corrected chi connectivity index (χ3v) is 9.65. The number of alkyl halides is 6. The zero-order chi connectivity index (χ0) is 40.8. The molecule has 4 aromatic carbocycles. The number of nitrogens with zero attached hydrogens (tertiary/aromatic N) is 2. The van der Waals surface area contributed by atoms with E-state index >= 15 is 0 Å². The van der Waals surface area contributed by atoms with Crippen molar-refractivity contribution in [2.45, 2.75) is 26.2 Å². The van der Waals surface area contributed by atoms with E-state index in [0.29, 0.717) is 44.5 Å². The molecule has 0 atom stereocenters. The van der Waals surface area contributed by atoms with Crippen molar-refractivity contribution in [3.05, 3.63) is 138 Å². The minimum atomic E-state index is -4.74. The Balaban J connectivity index is 0.000000245. The number of hydrogen-bond acceptors (Lipinski definition) is 7. The minimum Gasteiger partial charge on any atom is -1.00 e. The van der Waals surface area contributed by atoms with E-state index in [0.717, 1.165) is 11.1 Å². The summed E-state index contributed by atoms with van der Waals surface area (Å²) in [6.07, 6.45) is -9.36. The Labute approximate surface area is 342 Å². The maximum atomic E-state index is 13.2. The Morgan fingerprint density at radius 3 is 1.50 bits per heavy atom. The number of nitrogens with one attached hydrogen (secondary N) is 1. The Morgan fingerprint density at radius 2 is 1.07 bits per heavy atom. The summed E-state index contributed by atoms with van der Waals surface area (Å²) >= 11 is 18.0. The first-order chi connectivity index (χ1) is 25.6. The smallest absolute Gasteiger partial charge is 0.435 e. The summed E-state index contributed by atoms with van der Waals surface area (Å²) in [5.74, 6) is -1.64. The lowest BCUT2D eigenvalue weighted by Crippen LogP contribution is -3.00.